The summed E-state index contributed by atoms with van der Waals surface area (Å²) in [5.41, 5.74) is 2.95. The van der Waals surface area contributed by atoms with Crippen LogP contribution in [-0.2, 0) is 4.79 Å². The Morgan fingerprint density at radius 3 is 2.57 bits per heavy atom. The van der Waals surface area contributed by atoms with Crippen molar-refractivity contribution in [1.29, 1.82) is 0 Å². The number of halogens is 2. The summed E-state index contributed by atoms with van der Waals surface area (Å²) in [6.45, 7) is 4.74. The van der Waals surface area contributed by atoms with Crippen molar-refractivity contribution < 1.29 is 4.79 Å². The smallest absolute Gasteiger partial charge is 0.232 e. The topological polar surface area (TPSA) is 83.0 Å². The van der Waals surface area contributed by atoms with Crippen LogP contribution in [0.3, 0.4) is 0 Å². The zero-order valence-corrected chi connectivity index (χ0v) is 16.7. The first-order valence-electron chi connectivity index (χ1n) is 8.89. The first-order valence-corrected chi connectivity index (χ1v) is 9.64. The van der Waals surface area contributed by atoms with Gasteiger partial charge in [-0.25, -0.2) is 9.97 Å². The lowest BCUT2D eigenvalue weighted by Gasteiger charge is -2.29. The van der Waals surface area contributed by atoms with Gasteiger partial charge < -0.3 is 10.2 Å². The van der Waals surface area contributed by atoms with Crippen molar-refractivity contribution in [2.24, 2.45) is 0 Å². The van der Waals surface area contributed by atoms with Gasteiger partial charge in [0.05, 0.1) is 21.3 Å². The summed E-state index contributed by atoms with van der Waals surface area (Å²) in [7, 11) is 0. The minimum Gasteiger partial charge on any atom is -0.352 e. The molecule has 0 aliphatic carbocycles. The number of hydrogen-bond acceptors (Lipinski definition) is 6. The number of rotatable bonds is 3. The quantitative estimate of drug-likeness (QED) is 0.680. The number of benzene rings is 1. The molecule has 1 fully saturated rings. The van der Waals surface area contributed by atoms with Gasteiger partial charge in [-0.1, -0.05) is 29.3 Å². The lowest BCUT2D eigenvalue weighted by Crippen LogP contribution is -2.44. The number of amides is 1. The van der Waals surface area contributed by atoms with Crippen LogP contribution in [-0.4, -0.2) is 47.0 Å². The lowest BCUT2D eigenvalue weighted by atomic mass is 10.1. The summed E-state index contributed by atoms with van der Waals surface area (Å²) in [6.07, 6.45) is 0. The van der Waals surface area contributed by atoms with Gasteiger partial charge >= 0.3 is 0 Å². The Kier molecular flexibility index (Phi) is 5.30. The Labute approximate surface area is 172 Å². The molecule has 144 valence electrons. The minimum absolute atomic E-state index is 0.217. The average Bonchev–Trinajstić information content (AvgIpc) is 2.69. The van der Waals surface area contributed by atoms with Gasteiger partial charge in [0.1, 0.15) is 5.52 Å². The van der Waals surface area contributed by atoms with Gasteiger partial charge in [0.25, 0.3) is 0 Å². The molecule has 4 rings (SSSR count). The molecule has 0 atom stereocenters. The minimum atomic E-state index is -0.217. The first kappa shape index (κ1) is 18.9. The van der Waals surface area contributed by atoms with E-state index in [1.165, 1.54) is 6.92 Å². The maximum atomic E-state index is 11.5. The van der Waals surface area contributed by atoms with Gasteiger partial charge in [0, 0.05) is 38.7 Å². The molecule has 9 heteroatoms. The average molecular weight is 417 g/mol. The van der Waals surface area contributed by atoms with Crippen LogP contribution >= 0.6 is 23.2 Å². The summed E-state index contributed by atoms with van der Waals surface area (Å²) in [4.78, 5) is 27.5. The van der Waals surface area contributed by atoms with Crippen LogP contribution in [0.25, 0.3) is 22.3 Å². The highest BCUT2D eigenvalue weighted by Gasteiger charge is 2.19. The van der Waals surface area contributed by atoms with Crippen molar-refractivity contribution >= 4 is 51.9 Å². The van der Waals surface area contributed by atoms with Gasteiger partial charge in [0.15, 0.2) is 5.82 Å². The van der Waals surface area contributed by atoms with E-state index in [1.54, 1.807) is 12.1 Å². The van der Waals surface area contributed by atoms with Crippen LogP contribution in [0.2, 0.25) is 10.0 Å². The van der Waals surface area contributed by atoms with Crippen LogP contribution in [0.1, 0.15) is 6.92 Å². The Bertz CT molecular complexity index is 1050. The van der Waals surface area contributed by atoms with E-state index in [1.807, 2.05) is 18.2 Å². The van der Waals surface area contributed by atoms with Crippen molar-refractivity contribution in [2.75, 3.05) is 36.4 Å². The van der Waals surface area contributed by atoms with Gasteiger partial charge in [-0.3, -0.25) is 10.1 Å². The van der Waals surface area contributed by atoms with E-state index in [0.29, 0.717) is 26.9 Å². The molecule has 2 aromatic heterocycles. The van der Waals surface area contributed by atoms with Crippen LogP contribution in [0, 0.1) is 0 Å². The molecule has 0 unspecified atom stereocenters. The number of hydrogen-bond donors (Lipinski definition) is 2. The van der Waals surface area contributed by atoms with Crippen LogP contribution < -0.4 is 15.5 Å². The number of fused-ring (bicyclic) bond motifs is 1. The van der Waals surface area contributed by atoms with E-state index in [9.17, 15) is 4.79 Å². The highest BCUT2D eigenvalue weighted by Crippen LogP contribution is 2.30. The monoisotopic (exact) mass is 416 g/mol. The zero-order chi connectivity index (χ0) is 19.7. The highest BCUT2D eigenvalue weighted by atomic mass is 35.5. The van der Waals surface area contributed by atoms with E-state index in [-0.39, 0.29) is 11.9 Å². The predicted octanol–water partition coefficient (Wildman–Crippen LogP) is 3.37. The molecule has 0 radical (unpaired) electrons. The van der Waals surface area contributed by atoms with Crippen LogP contribution in [0.5, 0.6) is 0 Å². The number of anilines is 2. The van der Waals surface area contributed by atoms with Gasteiger partial charge in [-0.2, -0.15) is 4.98 Å². The number of nitrogens with zero attached hydrogens (tertiary/aromatic N) is 4. The maximum Gasteiger partial charge on any atom is 0.232 e. The van der Waals surface area contributed by atoms with Gasteiger partial charge in [-0.15, -0.1) is 0 Å². The van der Waals surface area contributed by atoms with Gasteiger partial charge in [-0.05, 0) is 24.3 Å². The molecule has 0 saturated carbocycles. The third kappa shape index (κ3) is 3.87. The number of carbonyl (C=O) groups is 1. The normalized spacial score (nSPS) is 14.3. The molecule has 7 nitrogen and oxygen atoms in total. The molecular weight excluding hydrogens is 399 g/mol. The van der Waals surface area contributed by atoms with E-state index in [0.717, 1.165) is 37.4 Å². The Hall–Kier alpha value is -2.48. The molecule has 1 saturated heterocycles. The largest absolute Gasteiger partial charge is 0.352 e. The van der Waals surface area contributed by atoms with Crippen molar-refractivity contribution in [1.82, 2.24) is 20.3 Å². The van der Waals surface area contributed by atoms with Crippen molar-refractivity contribution in [3.63, 3.8) is 0 Å². The fourth-order valence-corrected chi connectivity index (χ4v) is 3.42. The zero-order valence-electron chi connectivity index (χ0n) is 15.2. The molecule has 0 spiro atoms. The van der Waals surface area contributed by atoms with Crippen molar-refractivity contribution in [3.05, 3.63) is 40.4 Å². The number of nitrogens with one attached hydrogen (secondary N) is 2. The molecular formula is C19H18Cl2N6O. The highest BCUT2D eigenvalue weighted by molar-refractivity contribution is 6.42. The second-order valence-corrected chi connectivity index (χ2v) is 7.30. The fraction of sp³-hybridized carbons (Fsp3) is 0.263. The van der Waals surface area contributed by atoms with Crippen LogP contribution in [0.15, 0.2) is 30.3 Å². The second kappa shape index (κ2) is 7.87. The fourth-order valence-electron chi connectivity index (χ4n) is 3.13. The molecule has 0 bridgehead atoms. The molecule has 1 aliphatic rings. The molecule has 1 amide bonds. The third-order valence-electron chi connectivity index (χ3n) is 4.44. The second-order valence-electron chi connectivity index (χ2n) is 6.48. The Morgan fingerprint density at radius 2 is 1.86 bits per heavy atom. The van der Waals surface area contributed by atoms with Crippen LogP contribution in [0.4, 0.5) is 11.8 Å². The summed E-state index contributed by atoms with van der Waals surface area (Å²) in [5, 5.41) is 6.97. The van der Waals surface area contributed by atoms with Crippen molar-refractivity contribution in [3.8, 4) is 11.3 Å². The summed E-state index contributed by atoms with van der Waals surface area (Å²) in [6, 6.07) is 9.15. The maximum absolute atomic E-state index is 11.5. The molecule has 28 heavy (non-hydrogen) atoms. The molecule has 2 N–H and O–H groups in total. The van der Waals surface area contributed by atoms with E-state index < -0.39 is 0 Å². The summed E-state index contributed by atoms with van der Waals surface area (Å²) in [5.74, 6) is 0.765. The standard InChI is InChI=1S/C19H18Cl2N6O/c1-11(28)23-19-25-16-5-4-15(12-2-3-13(20)14(21)10-12)24-17(16)18(26-19)27-8-6-22-7-9-27/h2-5,10,22H,6-9H2,1H3,(H,23,25,26,28). The predicted molar refractivity (Wildman–Crippen MR) is 112 cm³/mol. The number of piperazine rings is 1. The van der Waals surface area contributed by atoms with E-state index >= 15 is 0 Å². The Morgan fingerprint density at radius 1 is 1.07 bits per heavy atom. The number of aromatic nitrogens is 3. The van der Waals surface area contributed by atoms with Crippen molar-refractivity contribution in [2.45, 2.75) is 6.92 Å². The van der Waals surface area contributed by atoms with E-state index in [2.05, 4.69) is 25.5 Å². The molecule has 1 aromatic carbocycles. The third-order valence-corrected chi connectivity index (χ3v) is 5.18. The number of carbonyl (C=O) groups excluding carboxylic acids is 1. The Balaban J connectivity index is 1.85. The summed E-state index contributed by atoms with van der Waals surface area (Å²) >= 11 is 12.2. The lowest BCUT2D eigenvalue weighted by molar-refractivity contribution is -0.114. The first-order chi connectivity index (χ1) is 13.5. The van der Waals surface area contributed by atoms with Gasteiger partial charge in [0.2, 0.25) is 11.9 Å². The SMILES string of the molecule is CC(=O)Nc1nc(N2CCNCC2)c2nc(-c3ccc(Cl)c(Cl)c3)ccc2n1. The molecule has 1 aliphatic heterocycles. The van der Waals surface area contributed by atoms with E-state index in [4.69, 9.17) is 28.2 Å². The summed E-state index contributed by atoms with van der Waals surface area (Å²) < 4.78 is 0. The molecule has 3 heterocycles. The number of pyridine rings is 1. The molecule has 3 aromatic rings.